The molecule has 0 bridgehead atoms. The van der Waals surface area contributed by atoms with Gasteiger partial charge in [-0.25, -0.2) is 0 Å². The van der Waals surface area contributed by atoms with E-state index in [0.717, 1.165) is 25.2 Å². The van der Waals surface area contributed by atoms with E-state index in [0.29, 0.717) is 11.9 Å². The summed E-state index contributed by atoms with van der Waals surface area (Å²) in [6, 6.07) is 8.93. The highest BCUT2D eigenvalue weighted by Gasteiger charge is 2.14. The van der Waals surface area contributed by atoms with Gasteiger partial charge in [0.25, 0.3) is 0 Å². The van der Waals surface area contributed by atoms with Crippen LogP contribution in [0.1, 0.15) is 27.5 Å². The Balaban J connectivity index is 1.59. The van der Waals surface area contributed by atoms with E-state index in [1.165, 1.54) is 9.75 Å². The third-order valence-electron chi connectivity index (χ3n) is 3.18. The fourth-order valence-corrected chi connectivity index (χ4v) is 3.75. The Bertz CT molecular complexity index is 646. The van der Waals surface area contributed by atoms with Crippen LogP contribution in [0.5, 0.6) is 0 Å². The van der Waals surface area contributed by atoms with Gasteiger partial charge in [0.15, 0.2) is 5.82 Å². The molecule has 1 atom stereocenters. The summed E-state index contributed by atoms with van der Waals surface area (Å²) < 4.78 is 4.99. The SMILES string of the molecule is Cc1nc(CCNC(Cc2cccs2)c2cccs2)no1. The van der Waals surface area contributed by atoms with Gasteiger partial charge in [-0.05, 0) is 22.9 Å². The zero-order chi connectivity index (χ0) is 14.5. The number of thiophene rings is 2. The first kappa shape index (κ1) is 14.4. The molecular weight excluding hydrogens is 302 g/mol. The lowest BCUT2D eigenvalue weighted by Gasteiger charge is -2.16. The molecule has 3 aromatic rings. The molecule has 6 heteroatoms. The average molecular weight is 319 g/mol. The summed E-state index contributed by atoms with van der Waals surface area (Å²) in [6.07, 6.45) is 1.80. The second-order valence-corrected chi connectivity index (χ2v) is 6.80. The number of rotatable bonds is 7. The zero-order valence-electron chi connectivity index (χ0n) is 11.8. The number of hydrogen-bond donors (Lipinski definition) is 1. The fraction of sp³-hybridized carbons (Fsp3) is 0.333. The predicted molar refractivity (Wildman–Crippen MR) is 85.8 cm³/mol. The summed E-state index contributed by atoms with van der Waals surface area (Å²) in [5.74, 6) is 1.39. The van der Waals surface area contributed by atoms with Crippen LogP contribution in [0.3, 0.4) is 0 Å². The summed E-state index contributed by atoms with van der Waals surface area (Å²) in [5, 5.41) is 11.8. The summed E-state index contributed by atoms with van der Waals surface area (Å²) in [6.45, 7) is 2.65. The molecule has 0 aliphatic heterocycles. The topological polar surface area (TPSA) is 51.0 Å². The van der Waals surface area contributed by atoms with Gasteiger partial charge in [-0.1, -0.05) is 17.3 Å². The van der Waals surface area contributed by atoms with E-state index in [-0.39, 0.29) is 0 Å². The largest absolute Gasteiger partial charge is 0.340 e. The maximum atomic E-state index is 4.99. The van der Waals surface area contributed by atoms with Gasteiger partial charge in [-0.3, -0.25) is 0 Å². The van der Waals surface area contributed by atoms with Crippen molar-refractivity contribution in [3.05, 3.63) is 56.5 Å². The highest BCUT2D eigenvalue weighted by Crippen LogP contribution is 2.24. The van der Waals surface area contributed by atoms with E-state index < -0.39 is 0 Å². The second kappa shape index (κ2) is 6.98. The van der Waals surface area contributed by atoms with E-state index in [4.69, 9.17) is 4.52 Å². The molecule has 0 amide bonds. The van der Waals surface area contributed by atoms with Gasteiger partial charge in [0.1, 0.15) is 0 Å². The van der Waals surface area contributed by atoms with Gasteiger partial charge < -0.3 is 9.84 Å². The summed E-state index contributed by atoms with van der Waals surface area (Å²) in [5.41, 5.74) is 0. The molecule has 0 radical (unpaired) electrons. The van der Waals surface area contributed by atoms with Crippen molar-refractivity contribution >= 4 is 22.7 Å². The number of hydrogen-bond acceptors (Lipinski definition) is 6. The first-order valence-corrected chi connectivity index (χ1v) is 8.65. The van der Waals surface area contributed by atoms with Gasteiger partial charge >= 0.3 is 0 Å². The van der Waals surface area contributed by atoms with Crippen molar-refractivity contribution in [1.29, 1.82) is 0 Å². The van der Waals surface area contributed by atoms with Gasteiger partial charge in [0.05, 0.1) is 0 Å². The van der Waals surface area contributed by atoms with Crippen LogP contribution in [-0.2, 0) is 12.8 Å². The molecule has 3 aromatic heterocycles. The number of aryl methyl sites for hydroxylation is 1. The van der Waals surface area contributed by atoms with Crippen LogP contribution in [0, 0.1) is 6.92 Å². The van der Waals surface area contributed by atoms with E-state index >= 15 is 0 Å². The molecule has 1 N–H and O–H groups in total. The van der Waals surface area contributed by atoms with Crippen molar-refractivity contribution in [1.82, 2.24) is 15.5 Å². The lowest BCUT2D eigenvalue weighted by atomic mass is 10.1. The maximum Gasteiger partial charge on any atom is 0.223 e. The molecule has 21 heavy (non-hydrogen) atoms. The van der Waals surface area contributed by atoms with Crippen LogP contribution in [0.2, 0.25) is 0 Å². The Morgan fingerprint density at radius 1 is 1.24 bits per heavy atom. The zero-order valence-corrected chi connectivity index (χ0v) is 13.4. The number of aromatic nitrogens is 2. The summed E-state index contributed by atoms with van der Waals surface area (Å²) in [7, 11) is 0. The third-order valence-corrected chi connectivity index (χ3v) is 5.07. The van der Waals surface area contributed by atoms with E-state index in [1.54, 1.807) is 22.7 Å². The van der Waals surface area contributed by atoms with Gasteiger partial charge in [0, 0.05) is 42.1 Å². The Hall–Kier alpha value is -1.50. The van der Waals surface area contributed by atoms with Crippen LogP contribution in [-0.4, -0.2) is 16.7 Å². The van der Waals surface area contributed by atoms with Crippen molar-refractivity contribution in [2.75, 3.05) is 6.54 Å². The quantitative estimate of drug-likeness (QED) is 0.722. The number of nitrogens with one attached hydrogen (secondary N) is 1. The molecule has 0 saturated carbocycles. The van der Waals surface area contributed by atoms with Crippen LogP contribution in [0.4, 0.5) is 0 Å². The first-order valence-electron chi connectivity index (χ1n) is 6.89. The Morgan fingerprint density at radius 2 is 2.10 bits per heavy atom. The maximum absolute atomic E-state index is 4.99. The lowest BCUT2D eigenvalue weighted by molar-refractivity contribution is 0.386. The Labute approximate surface area is 131 Å². The van der Waals surface area contributed by atoms with Crippen LogP contribution in [0.15, 0.2) is 39.5 Å². The molecular formula is C15H17N3OS2. The van der Waals surface area contributed by atoms with Crippen molar-refractivity contribution in [2.45, 2.75) is 25.8 Å². The molecule has 0 fully saturated rings. The van der Waals surface area contributed by atoms with E-state index in [1.807, 2.05) is 6.92 Å². The predicted octanol–water partition coefficient (Wildman–Crippen LogP) is 3.62. The van der Waals surface area contributed by atoms with E-state index in [2.05, 4.69) is 50.5 Å². The summed E-state index contributed by atoms with van der Waals surface area (Å²) in [4.78, 5) is 7.00. The fourth-order valence-electron chi connectivity index (χ4n) is 2.19. The molecule has 3 heterocycles. The first-order chi connectivity index (χ1) is 10.3. The highest BCUT2D eigenvalue weighted by molar-refractivity contribution is 7.10. The number of nitrogens with zero attached hydrogens (tertiary/aromatic N) is 2. The van der Waals surface area contributed by atoms with Crippen molar-refractivity contribution in [3.8, 4) is 0 Å². The van der Waals surface area contributed by atoms with Gasteiger partial charge in [-0.15, -0.1) is 22.7 Å². The minimum Gasteiger partial charge on any atom is -0.340 e. The minimum atomic E-state index is 0.344. The summed E-state index contributed by atoms with van der Waals surface area (Å²) >= 11 is 3.60. The lowest BCUT2D eigenvalue weighted by Crippen LogP contribution is -2.25. The van der Waals surface area contributed by atoms with Crippen LogP contribution in [0.25, 0.3) is 0 Å². The minimum absolute atomic E-state index is 0.344. The molecule has 3 rings (SSSR count). The molecule has 0 aromatic carbocycles. The van der Waals surface area contributed by atoms with Crippen molar-refractivity contribution in [2.24, 2.45) is 0 Å². The Kier molecular flexibility index (Phi) is 4.80. The normalized spacial score (nSPS) is 12.6. The van der Waals surface area contributed by atoms with Gasteiger partial charge in [-0.2, -0.15) is 4.98 Å². The standard InChI is InChI=1S/C15H17N3OS2/c1-11-17-15(18-19-11)6-7-16-13(14-5-3-9-21-14)10-12-4-2-8-20-12/h2-5,8-9,13,16H,6-7,10H2,1H3. The second-order valence-electron chi connectivity index (χ2n) is 4.79. The molecule has 110 valence electrons. The molecule has 1 unspecified atom stereocenters. The third kappa shape index (κ3) is 4.00. The molecule has 0 aliphatic rings. The monoisotopic (exact) mass is 319 g/mol. The molecule has 0 aliphatic carbocycles. The van der Waals surface area contributed by atoms with Crippen LogP contribution < -0.4 is 5.32 Å². The van der Waals surface area contributed by atoms with Gasteiger partial charge in [0.2, 0.25) is 5.89 Å². The van der Waals surface area contributed by atoms with Crippen molar-refractivity contribution in [3.63, 3.8) is 0 Å². The van der Waals surface area contributed by atoms with Crippen LogP contribution >= 0.6 is 22.7 Å². The Morgan fingerprint density at radius 3 is 2.76 bits per heavy atom. The smallest absolute Gasteiger partial charge is 0.223 e. The molecule has 4 nitrogen and oxygen atoms in total. The van der Waals surface area contributed by atoms with E-state index in [9.17, 15) is 0 Å². The van der Waals surface area contributed by atoms with Crippen molar-refractivity contribution < 1.29 is 4.52 Å². The molecule has 0 saturated heterocycles. The highest BCUT2D eigenvalue weighted by atomic mass is 32.1. The average Bonchev–Trinajstić information content (AvgIpc) is 3.19. The molecule has 0 spiro atoms.